The number of nitrogens with two attached hydrogens (primary N) is 1. The van der Waals surface area contributed by atoms with Crippen LogP contribution < -0.4 is 5.73 Å². The summed E-state index contributed by atoms with van der Waals surface area (Å²) in [6, 6.07) is 0. The van der Waals surface area contributed by atoms with Crippen molar-refractivity contribution in [3.8, 4) is 0 Å². The lowest BCUT2D eigenvalue weighted by Gasteiger charge is -2.41. The highest BCUT2D eigenvalue weighted by molar-refractivity contribution is 4.93. The molecule has 2 N–H and O–H groups in total. The molecule has 4 heteroatoms. The Bertz CT molecular complexity index is 251. The van der Waals surface area contributed by atoms with Crippen LogP contribution in [0.2, 0.25) is 0 Å². The summed E-state index contributed by atoms with van der Waals surface area (Å²) < 4.78 is 5.60. The van der Waals surface area contributed by atoms with Gasteiger partial charge in [0.15, 0.2) is 0 Å². The molecule has 0 radical (unpaired) electrons. The third-order valence-corrected chi connectivity index (χ3v) is 4.85. The third-order valence-electron chi connectivity index (χ3n) is 4.85. The van der Waals surface area contributed by atoms with E-state index in [0.29, 0.717) is 0 Å². The van der Waals surface area contributed by atoms with Crippen molar-refractivity contribution in [2.45, 2.75) is 31.2 Å². The molecular weight excluding hydrogens is 226 g/mol. The molecule has 0 aromatic carbocycles. The van der Waals surface area contributed by atoms with Gasteiger partial charge >= 0.3 is 0 Å². The molecule has 2 aliphatic rings. The van der Waals surface area contributed by atoms with E-state index < -0.39 is 0 Å². The lowest BCUT2D eigenvalue weighted by Crippen LogP contribution is -2.53. The van der Waals surface area contributed by atoms with E-state index in [0.717, 1.165) is 38.5 Å². The predicted octanol–water partition coefficient (Wildman–Crippen LogP) is 0.768. The molecule has 0 aromatic rings. The molecule has 2 aliphatic heterocycles. The summed E-state index contributed by atoms with van der Waals surface area (Å²) in [6.07, 6.45) is 4.75. The second-order valence-electron chi connectivity index (χ2n) is 6.19. The normalized spacial score (nSPS) is 35.0. The molecule has 106 valence electrons. The Morgan fingerprint density at radius 3 is 2.89 bits per heavy atom. The number of hydrogen-bond donors (Lipinski definition) is 1. The van der Waals surface area contributed by atoms with Crippen LogP contribution in [0.5, 0.6) is 0 Å². The van der Waals surface area contributed by atoms with Gasteiger partial charge in [-0.05, 0) is 52.2 Å². The molecule has 0 saturated carbocycles. The summed E-state index contributed by atoms with van der Waals surface area (Å²) in [5, 5.41) is 0. The van der Waals surface area contributed by atoms with Crippen LogP contribution in [0.3, 0.4) is 0 Å². The Morgan fingerprint density at radius 2 is 2.22 bits per heavy atom. The molecule has 2 unspecified atom stereocenters. The van der Waals surface area contributed by atoms with Crippen LogP contribution in [0.4, 0.5) is 0 Å². The Morgan fingerprint density at radius 1 is 1.39 bits per heavy atom. The molecule has 2 rings (SSSR count). The van der Waals surface area contributed by atoms with Crippen molar-refractivity contribution in [2.24, 2.45) is 11.7 Å². The van der Waals surface area contributed by atoms with Gasteiger partial charge in [0.2, 0.25) is 0 Å². The van der Waals surface area contributed by atoms with Crippen molar-refractivity contribution >= 4 is 0 Å². The van der Waals surface area contributed by atoms with Crippen molar-refractivity contribution < 1.29 is 4.74 Å². The average Bonchev–Trinajstić information content (AvgIpc) is 2.65. The second-order valence-corrected chi connectivity index (χ2v) is 6.19. The summed E-state index contributed by atoms with van der Waals surface area (Å²) in [6.45, 7) is 6.20. The zero-order valence-electron chi connectivity index (χ0n) is 12.0. The van der Waals surface area contributed by atoms with E-state index in [-0.39, 0.29) is 5.54 Å². The second kappa shape index (κ2) is 6.33. The monoisotopic (exact) mass is 255 g/mol. The van der Waals surface area contributed by atoms with Gasteiger partial charge in [0.1, 0.15) is 0 Å². The van der Waals surface area contributed by atoms with Crippen molar-refractivity contribution in [1.82, 2.24) is 9.80 Å². The van der Waals surface area contributed by atoms with Gasteiger partial charge in [-0.1, -0.05) is 0 Å². The van der Waals surface area contributed by atoms with Crippen molar-refractivity contribution in [3.63, 3.8) is 0 Å². The minimum atomic E-state index is 0.178. The molecule has 0 aliphatic carbocycles. The molecule has 2 atom stereocenters. The fourth-order valence-corrected chi connectivity index (χ4v) is 3.49. The van der Waals surface area contributed by atoms with E-state index in [2.05, 4.69) is 23.9 Å². The third kappa shape index (κ3) is 3.23. The maximum atomic E-state index is 6.10. The first-order valence-corrected chi connectivity index (χ1v) is 7.34. The van der Waals surface area contributed by atoms with Gasteiger partial charge in [-0.3, -0.25) is 4.90 Å². The lowest BCUT2D eigenvalue weighted by atomic mass is 9.88. The van der Waals surface area contributed by atoms with Crippen LogP contribution in [-0.2, 0) is 4.74 Å². The van der Waals surface area contributed by atoms with Gasteiger partial charge in [0.25, 0.3) is 0 Å². The van der Waals surface area contributed by atoms with Gasteiger partial charge in [-0.15, -0.1) is 0 Å². The summed E-state index contributed by atoms with van der Waals surface area (Å²) in [7, 11) is 4.48. The van der Waals surface area contributed by atoms with Gasteiger partial charge < -0.3 is 15.4 Å². The van der Waals surface area contributed by atoms with E-state index >= 15 is 0 Å². The largest absolute Gasteiger partial charge is 0.381 e. The Balaban J connectivity index is 1.93. The highest BCUT2D eigenvalue weighted by atomic mass is 16.5. The predicted molar refractivity (Wildman–Crippen MR) is 74.7 cm³/mol. The average molecular weight is 255 g/mol. The smallest absolute Gasteiger partial charge is 0.0484 e. The van der Waals surface area contributed by atoms with Crippen LogP contribution in [-0.4, -0.2) is 68.8 Å². The van der Waals surface area contributed by atoms with Crippen molar-refractivity contribution in [2.75, 3.05) is 53.5 Å². The zero-order chi connectivity index (χ0) is 13.0. The first-order valence-electron chi connectivity index (χ1n) is 7.34. The summed E-state index contributed by atoms with van der Waals surface area (Å²) in [5.41, 5.74) is 6.28. The molecule has 2 saturated heterocycles. The number of nitrogens with zero attached hydrogens (tertiary/aromatic N) is 2. The van der Waals surface area contributed by atoms with E-state index in [9.17, 15) is 0 Å². The molecule has 0 aromatic heterocycles. The number of likely N-dealkylation sites (N-methyl/N-ethyl adjacent to an activating group) is 1. The van der Waals surface area contributed by atoms with Crippen LogP contribution >= 0.6 is 0 Å². The lowest BCUT2D eigenvalue weighted by molar-refractivity contribution is 0.0771. The molecule has 0 bridgehead atoms. The molecule has 2 heterocycles. The standard InChI is InChI=1S/C14H29N3O/c1-16-7-4-13(10-16)11-17(2)14(12-15)5-3-8-18-9-6-14/h13H,3-12,15H2,1-2H3. The Hall–Kier alpha value is -0.160. The molecule has 18 heavy (non-hydrogen) atoms. The fourth-order valence-electron chi connectivity index (χ4n) is 3.49. The quantitative estimate of drug-likeness (QED) is 0.805. The molecule has 2 fully saturated rings. The van der Waals surface area contributed by atoms with E-state index in [1.165, 1.54) is 32.5 Å². The maximum absolute atomic E-state index is 6.10. The zero-order valence-corrected chi connectivity index (χ0v) is 12.0. The van der Waals surface area contributed by atoms with Gasteiger partial charge in [0, 0.05) is 38.4 Å². The summed E-state index contributed by atoms with van der Waals surface area (Å²) in [4.78, 5) is 4.97. The first kappa shape index (κ1) is 14.3. The van der Waals surface area contributed by atoms with Gasteiger partial charge in [-0.2, -0.15) is 0 Å². The number of ether oxygens (including phenoxy) is 1. The molecule has 4 nitrogen and oxygen atoms in total. The Kier molecular flexibility index (Phi) is 5.01. The van der Waals surface area contributed by atoms with Gasteiger partial charge in [0.05, 0.1) is 0 Å². The van der Waals surface area contributed by atoms with Crippen LogP contribution in [0, 0.1) is 5.92 Å². The van der Waals surface area contributed by atoms with E-state index in [1.807, 2.05) is 0 Å². The number of hydrogen-bond acceptors (Lipinski definition) is 4. The fraction of sp³-hybridized carbons (Fsp3) is 1.00. The van der Waals surface area contributed by atoms with Crippen LogP contribution in [0.1, 0.15) is 25.7 Å². The SMILES string of the molecule is CN1CCC(CN(C)C2(CN)CCCOCC2)C1. The van der Waals surface area contributed by atoms with Crippen molar-refractivity contribution in [3.05, 3.63) is 0 Å². The van der Waals surface area contributed by atoms with E-state index in [4.69, 9.17) is 10.5 Å². The van der Waals surface area contributed by atoms with E-state index in [1.54, 1.807) is 0 Å². The van der Waals surface area contributed by atoms with Crippen LogP contribution in [0.15, 0.2) is 0 Å². The topological polar surface area (TPSA) is 41.7 Å². The molecule has 0 spiro atoms. The van der Waals surface area contributed by atoms with Crippen molar-refractivity contribution in [1.29, 1.82) is 0 Å². The highest BCUT2D eigenvalue weighted by Gasteiger charge is 2.35. The van der Waals surface area contributed by atoms with Gasteiger partial charge in [-0.25, -0.2) is 0 Å². The first-order chi connectivity index (χ1) is 8.66. The maximum Gasteiger partial charge on any atom is 0.0484 e. The minimum Gasteiger partial charge on any atom is -0.381 e. The minimum absolute atomic E-state index is 0.178. The van der Waals surface area contributed by atoms with Crippen LogP contribution in [0.25, 0.3) is 0 Å². The summed E-state index contributed by atoms with van der Waals surface area (Å²) >= 11 is 0. The highest BCUT2D eigenvalue weighted by Crippen LogP contribution is 2.28. The Labute approximate surface area is 111 Å². The molecular formula is C14H29N3O. The molecule has 0 amide bonds. The number of rotatable bonds is 4. The number of likely N-dealkylation sites (tertiary alicyclic amines) is 1. The summed E-state index contributed by atoms with van der Waals surface area (Å²) in [5.74, 6) is 0.813.